The van der Waals surface area contributed by atoms with Gasteiger partial charge in [-0.2, -0.15) is 0 Å². The zero-order chi connectivity index (χ0) is 17.1. The summed E-state index contributed by atoms with van der Waals surface area (Å²) < 4.78 is 0. The Kier molecular flexibility index (Phi) is 6.53. The predicted octanol–water partition coefficient (Wildman–Crippen LogP) is 5.37. The Hall–Kier alpha value is -0.530. The van der Waals surface area contributed by atoms with Crippen LogP contribution in [0.3, 0.4) is 0 Å². The van der Waals surface area contributed by atoms with Gasteiger partial charge in [-0.1, -0.05) is 61.3 Å². The summed E-state index contributed by atoms with van der Waals surface area (Å²) in [4.78, 5) is 14.9. The van der Waals surface area contributed by atoms with Gasteiger partial charge in [-0.25, -0.2) is 0 Å². The zero-order valence-electron chi connectivity index (χ0n) is 16.3. The molecule has 0 aromatic rings. The molecule has 1 aliphatic carbocycles. The van der Waals surface area contributed by atoms with Gasteiger partial charge >= 0.3 is 0 Å². The largest absolute Gasteiger partial charge is 0.345 e. The van der Waals surface area contributed by atoms with Crippen LogP contribution in [-0.2, 0) is 4.79 Å². The molecule has 2 atom stereocenters. The second-order valence-corrected chi connectivity index (χ2v) is 9.15. The highest BCUT2D eigenvalue weighted by atomic mass is 16.2. The fraction of sp³-hybridized carbons (Fsp3) is 0.950. The summed E-state index contributed by atoms with van der Waals surface area (Å²) >= 11 is 0. The molecule has 0 N–H and O–H groups in total. The van der Waals surface area contributed by atoms with Crippen molar-refractivity contribution in [1.82, 2.24) is 4.90 Å². The molecule has 1 rings (SSSR count). The van der Waals surface area contributed by atoms with Gasteiger partial charge in [0.05, 0.1) is 0 Å². The summed E-state index contributed by atoms with van der Waals surface area (Å²) in [6.07, 6.45) is 6.06. The lowest BCUT2D eigenvalue weighted by Crippen LogP contribution is -2.44. The Labute approximate surface area is 139 Å². The topological polar surface area (TPSA) is 20.3 Å². The minimum Gasteiger partial charge on any atom is -0.345 e. The van der Waals surface area contributed by atoms with Gasteiger partial charge in [0.15, 0.2) is 0 Å². The predicted molar refractivity (Wildman–Crippen MR) is 95.8 cm³/mol. The van der Waals surface area contributed by atoms with Crippen LogP contribution in [0.15, 0.2) is 0 Å². The second kappa shape index (κ2) is 7.36. The summed E-state index contributed by atoms with van der Waals surface area (Å²) in [5, 5.41) is 0. The van der Waals surface area contributed by atoms with Gasteiger partial charge in [-0.05, 0) is 42.4 Å². The van der Waals surface area contributed by atoms with Gasteiger partial charge in [-0.15, -0.1) is 0 Å². The molecule has 2 heteroatoms. The molecule has 0 spiro atoms. The van der Waals surface area contributed by atoms with Crippen LogP contribution in [0.5, 0.6) is 0 Å². The van der Waals surface area contributed by atoms with Crippen LogP contribution in [0.1, 0.15) is 80.6 Å². The number of rotatable bonds is 7. The summed E-state index contributed by atoms with van der Waals surface area (Å²) in [6.45, 7) is 16.7. The molecule has 1 fully saturated rings. The van der Waals surface area contributed by atoms with Crippen molar-refractivity contribution in [3.05, 3.63) is 0 Å². The molecule has 2 nitrogen and oxygen atoms in total. The molecule has 1 amide bonds. The van der Waals surface area contributed by atoms with Gasteiger partial charge in [0.2, 0.25) is 5.91 Å². The number of carbonyl (C=O) groups excluding carboxylic acids is 1. The third-order valence-corrected chi connectivity index (χ3v) is 6.15. The maximum absolute atomic E-state index is 13.0. The minimum atomic E-state index is -0.255. The van der Waals surface area contributed by atoms with Crippen molar-refractivity contribution in [3.63, 3.8) is 0 Å². The molecule has 0 heterocycles. The molecular weight excluding hydrogens is 270 g/mol. The van der Waals surface area contributed by atoms with Crippen LogP contribution >= 0.6 is 0 Å². The Morgan fingerprint density at radius 3 is 2.27 bits per heavy atom. The maximum atomic E-state index is 13.0. The van der Waals surface area contributed by atoms with Crippen molar-refractivity contribution < 1.29 is 4.79 Å². The third-order valence-electron chi connectivity index (χ3n) is 6.15. The van der Waals surface area contributed by atoms with Crippen molar-refractivity contribution in [2.75, 3.05) is 13.6 Å². The van der Waals surface area contributed by atoms with E-state index in [0.29, 0.717) is 23.2 Å². The molecule has 130 valence electrons. The van der Waals surface area contributed by atoms with E-state index in [9.17, 15) is 4.79 Å². The fourth-order valence-corrected chi connectivity index (χ4v) is 4.56. The van der Waals surface area contributed by atoms with Crippen LogP contribution in [0.25, 0.3) is 0 Å². The Bertz CT molecular complexity index is 372. The first-order valence-electron chi connectivity index (χ1n) is 9.28. The van der Waals surface area contributed by atoms with Gasteiger partial charge in [0.25, 0.3) is 0 Å². The van der Waals surface area contributed by atoms with Crippen LogP contribution in [0.4, 0.5) is 0 Å². The van der Waals surface area contributed by atoms with E-state index in [1.807, 2.05) is 11.9 Å². The van der Waals surface area contributed by atoms with Crippen molar-refractivity contribution >= 4 is 5.91 Å². The average Bonchev–Trinajstić information content (AvgIpc) is 2.77. The van der Waals surface area contributed by atoms with Crippen molar-refractivity contribution in [2.24, 2.45) is 28.6 Å². The third kappa shape index (κ3) is 4.26. The van der Waals surface area contributed by atoms with Gasteiger partial charge < -0.3 is 4.90 Å². The van der Waals surface area contributed by atoms with E-state index in [1.165, 1.54) is 19.3 Å². The van der Waals surface area contributed by atoms with Gasteiger partial charge in [0, 0.05) is 19.0 Å². The number of amides is 1. The van der Waals surface area contributed by atoms with Crippen LogP contribution in [-0.4, -0.2) is 24.4 Å². The number of nitrogens with zero attached hydrogens (tertiary/aromatic N) is 1. The Morgan fingerprint density at radius 2 is 1.86 bits per heavy atom. The molecule has 0 aromatic heterocycles. The molecule has 1 saturated carbocycles. The fourth-order valence-electron chi connectivity index (χ4n) is 4.56. The van der Waals surface area contributed by atoms with E-state index in [1.54, 1.807) is 0 Å². The van der Waals surface area contributed by atoms with Crippen LogP contribution < -0.4 is 0 Å². The first-order valence-corrected chi connectivity index (χ1v) is 9.28. The number of hydrogen-bond donors (Lipinski definition) is 0. The number of hydrogen-bond acceptors (Lipinski definition) is 1. The first kappa shape index (κ1) is 19.5. The highest BCUT2D eigenvalue weighted by molar-refractivity contribution is 5.81. The summed E-state index contributed by atoms with van der Waals surface area (Å²) in [6, 6.07) is 0. The lowest BCUT2D eigenvalue weighted by molar-refractivity contribution is -0.142. The van der Waals surface area contributed by atoms with E-state index in [0.717, 1.165) is 25.3 Å². The van der Waals surface area contributed by atoms with Crippen molar-refractivity contribution in [3.8, 4) is 0 Å². The van der Waals surface area contributed by atoms with E-state index < -0.39 is 0 Å². The normalized spacial score (nSPS) is 26.0. The molecule has 1 aliphatic rings. The highest BCUT2D eigenvalue weighted by Gasteiger charge is 2.48. The van der Waals surface area contributed by atoms with E-state index in [4.69, 9.17) is 0 Å². The second-order valence-electron chi connectivity index (χ2n) is 9.15. The monoisotopic (exact) mass is 309 g/mol. The summed E-state index contributed by atoms with van der Waals surface area (Å²) in [5.41, 5.74) is 0.0899. The average molecular weight is 310 g/mol. The lowest BCUT2D eigenvalue weighted by Gasteiger charge is -2.44. The summed E-state index contributed by atoms with van der Waals surface area (Å²) in [7, 11) is 1.98. The summed E-state index contributed by atoms with van der Waals surface area (Å²) in [5.74, 6) is 2.36. The molecule has 0 bridgehead atoms. The molecule has 22 heavy (non-hydrogen) atoms. The van der Waals surface area contributed by atoms with Crippen LogP contribution in [0, 0.1) is 28.6 Å². The van der Waals surface area contributed by atoms with Crippen LogP contribution in [0.2, 0.25) is 0 Å². The quantitative estimate of drug-likeness (QED) is 0.619. The smallest absolute Gasteiger partial charge is 0.227 e. The standard InChI is InChI=1S/C20H39NO/c1-15(2)11-13-21(8)18(22)19(6,7)14-20(16(3)4)12-9-10-17(20)5/h15-17H,9-14H2,1-8H3. The Balaban J connectivity index is 2.82. The SMILES string of the molecule is CC(C)CCN(C)C(=O)C(C)(C)CC1(C(C)C)CCCC1C. The molecule has 2 unspecified atom stereocenters. The molecule has 0 aromatic carbocycles. The lowest BCUT2D eigenvalue weighted by atomic mass is 9.62. The van der Waals surface area contributed by atoms with Crippen molar-refractivity contribution in [1.29, 1.82) is 0 Å². The number of carbonyl (C=O) groups is 1. The first-order chi connectivity index (χ1) is 10.0. The highest BCUT2D eigenvalue weighted by Crippen LogP contribution is 2.54. The van der Waals surface area contributed by atoms with E-state index in [-0.39, 0.29) is 5.41 Å². The van der Waals surface area contributed by atoms with Gasteiger partial charge in [-0.3, -0.25) is 4.79 Å². The van der Waals surface area contributed by atoms with E-state index in [2.05, 4.69) is 48.5 Å². The maximum Gasteiger partial charge on any atom is 0.227 e. The molecular formula is C20H39NO. The Morgan fingerprint density at radius 1 is 1.27 bits per heavy atom. The molecule has 0 aliphatic heterocycles. The van der Waals surface area contributed by atoms with Crippen molar-refractivity contribution in [2.45, 2.75) is 80.6 Å². The van der Waals surface area contributed by atoms with E-state index >= 15 is 0 Å². The molecule has 0 saturated heterocycles. The minimum absolute atomic E-state index is 0.255. The van der Waals surface area contributed by atoms with Gasteiger partial charge in [0.1, 0.15) is 0 Å². The zero-order valence-corrected chi connectivity index (χ0v) is 16.3. The molecule has 0 radical (unpaired) electrons.